The fraction of sp³-hybridized carbons (Fsp3) is 0.233. The van der Waals surface area contributed by atoms with E-state index in [9.17, 15) is 0 Å². The molecule has 1 aliphatic carbocycles. The van der Waals surface area contributed by atoms with E-state index in [2.05, 4.69) is 119 Å². The number of hydrogen-bond acceptors (Lipinski definition) is 1. The van der Waals surface area contributed by atoms with Gasteiger partial charge in [-0.1, -0.05) is 75.4 Å². The second kappa shape index (κ2) is 13.2. The first kappa shape index (κ1) is 29.2. The van der Waals surface area contributed by atoms with Crippen LogP contribution in [-0.2, 0) is 23.3 Å². The molecule has 0 N–H and O–H groups in total. The topological polar surface area (TPSA) is 3.24 Å². The summed E-state index contributed by atoms with van der Waals surface area (Å²) in [7, 11) is 2.13. The molecule has 2 aliphatic rings. The van der Waals surface area contributed by atoms with Crippen LogP contribution in [0, 0.1) is 40.7 Å². The first-order chi connectivity index (χ1) is 14.9. The number of rotatable bonds is 2. The van der Waals surface area contributed by atoms with Gasteiger partial charge in [-0.2, -0.15) is 6.07 Å². The zero-order valence-electron chi connectivity index (χ0n) is 21.1. The zero-order chi connectivity index (χ0) is 22.5. The van der Waals surface area contributed by atoms with Crippen molar-refractivity contribution in [3.8, 4) is 11.1 Å². The molecule has 0 spiro atoms. The van der Waals surface area contributed by atoms with Crippen LogP contribution in [0.3, 0.4) is 0 Å². The summed E-state index contributed by atoms with van der Waals surface area (Å²) >= 11 is 1.36. The molecule has 1 nitrogen and oxygen atoms in total. The molecule has 5 rings (SSSR count). The van der Waals surface area contributed by atoms with Crippen molar-refractivity contribution in [1.82, 2.24) is 4.90 Å². The SMILES string of the molecule is CC(C)C1=[C-]C2=CCN(C)C2=C1.Cc1cc2c(-c3ccccc3)ccc(C)c2[cH-]1.[CH3-].[CH3-].[Si]=[Zr]. The van der Waals surface area contributed by atoms with Gasteiger partial charge >= 0.3 is 30.2 Å². The van der Waals surface area contributed by atoms with E-state index in [0.29, 0.717) is 5.92 Å². The number of likely N-dealkylation sites (N-methyl/N-ethyl adjacent to an activating group) is 1. The molecule has 0 bridgehead atoms. The summed E-state index contributed by atoms with van der Waals surface area (Å²) in [5.41, 5.74) is 9.30. The molecule has 2 radical (unpaired) electrons. The number of aryl methyl sites for hydroxylation is 2. The fourth-order valence-electron chi connectivity index (χ4n) is 4.05. The van der Waals surface area contributed by atoms with Crippen LogP contribution in [0.1, 0.15) is 25.0 Å². The molecule has 0 unspecified atom stereocenters. The fourth-order valence-corrected chi connectivity index (χ4v) is 4.05. The molecule has 1 heterocycles. The maximum atomic E-state index is 3.43. The maximum absolute atomic E-state index is 3.43. The van der Waals surface area contributed by atoms with Crippen molar-refractivity contribution < 1.29 is 23.3 Å². The summed E-state index contributed by atoms with van der Waals surface area (Å²) in [4.78, 5) is 2.26. The quantitative estimate of drug-likeness (QED) is 0.246. The van der Waals surface area contributed by atoms with E-state index in [1.165, 1.54) is 73.2 Å². The summed E-state index contributed by atoms with van der Waals surface area (Å²) in [6.45, 7) is 12.9. The van der Waals surface area contributed by atoms with Crippen LogP contribution >= 0.6 is 0 Å². The van der Waals surface area contributed by atoms with E-state index >= 15 is 0 Å². The minimum atomic E-state index is 0. The van der Waals surface area contributed by atoms with Gasteiger partial charge in [-0.15, -0.1) is 63.4 Å². The Labute approximate surface area is 218 Å². The molecule has 0 fully saturated rings. The third-order valence-corrected chi connectivity index (χ3v) is 5.78. The zero-order valence-corrected chi connectivity index (χ0v) is 24.5. The summed E-state index contributed by atoms with van der Waals surface area (Å²) < 4.78 is 0. The monoisotopic (exact) mass is 527 g/mol. The third kappa shape index (κ3) is 6.61. The molecule has 0 aromatic heterocycles. The molecule has 0 saturated heterocycles. The van der Waals surface area contributed by atoms with Gasteiger partial charge in [0.1, 0.15) is 0 Å². The van der Waals surface area contributed by atoms with Crippen molar-refractivity contribution in [3.05, 3.63) is 116 Å². The van der Waals surface area contributed by atoms with Gasteiger partial charge in [0, 0.05) is 0 Å². The predicted molar refractivity (Wildman–Crippen MR) is 143 cm³/mol. The van der Waals surface area contributed by atoms with Gasteiger partial charge in [0.2, 0.25) is 0 Å². The van der Waals surface area contributed by atoms with Crippen LogP contribution in [0.25, 0.3) is 21.9 Å². The molecular formula is C30H35NSiZr-4. The number of nitrogens with zero attached hydrogens (tertiary/aromatic N) is 1. The predicted octanol–water partition coefficient (Wildman–Crippen LogP) is 7.50. The van der Waals surface area contributed by atoms with Crippen LogP contribution in [0.2, 0.25) is 0 Å². The Morgan fingerprint density at radius 1 is 1.03 bits per heavy atom. The van der Waals surface area contributed by atoms with Crippen molar-refractivity contribution in [2.24, 2.45) is 5.92 Å². The second-order valence-electron chi connectivity index (χ2n) is 8.42. The van der Waals surface area contributed by atoms with Gasteiger partial charge in [0.25, 0.3) is 0 Å². The molecule has 0 amide bonds. The van der Waals surface area contributed by atoms with Crippen molar-refractivity contribution in [2.75, 3.05) is 13.6 Å². The Hall–Kier alpha value is -1.83. The van der Waals surface area contributed by atoms with E-state index in [4.69, 9.17) is 0 Å². The van der Waals surface area contributed by atoms with Crippen molar-refractivity contribution in [2.45, 2.75) is 27.7 Å². The number of allylic oxidation sites excluding steroid dienone is 3. The van der Waals surface area contributed by atoms with Gasteiger partial charge in [-0.05, 0) is 25.1 Å². The van der Waals surface area contributed by atoms with Gasteiger partial charge < -0.3 is 19.8 Å². The second-order valence-corrected chi connectivity index (χ2v) is 8.42. The standard InChI is InChI=1S/C17H15.C11H14N.2CH3.Si.Zr/c1-12-10-16-13(2)8-9-15(17(16)11-12)14-6-4-3-5-7-14;1-8(2)10-6-9-4-5-12(3)11(9)7-10;;;;/h3-11H,1-2H3;4,7-8H,5H2,1-3H3;2*1H3;;/q4*-1;;. The summed E-state index contributed by atoms with van der Waals surface area (Å²) in [6.07, 6.45) is 7.92. The van der Waals surface area contributed by atoms with Gasteiger partial charge in [0.05, 0.1) is 0 Å². The number of hydrogen-bond donors (Lipinski definition) is 0. The Bertz CT molecular complexity index is 1150. The summed E-state index contributed by atoms with van der Waals surface area (Å²) in [5.74, 6) is 0.595. The average molecular weight is 529 g/mol. The molecule has 172 valence electrons. The normalized spacial score (nSPS) is 13.4. The first-order valence-corrected chi connectivity index (χ1v) is 14.9. The van der Waals surface area contributed by atoms with E-state index in [0.717, 1.165) is 6.54 Å². The Balaban J connectivity index is 0.000000303. The minimum absolute atomic E-state index is 0. The van der Waals surface area contributed by atoms with E-state index in [-0.39, 0.29) is 14.9 Å². The molecular weight excluding hydrogens is 494 g/mol. The molecule has 1 aliphatic heterocycles. The van der Waals surface area contributed by atoms with Crippen molar-refractivity contribution >= 4 is 17.7 Å². The van der Waals surface area contributed by atoms with Crippen LogP contribution in [-0.4, -0.2) is 25.4 Å². The first-order valence-electron chi connectivity index (χ1n) is 10.7. The summed E-state index contributed by atoms with van der Waals surface area (Å²) in [6, 6.07) is 19.6. The van der Waals surface area contributed by atoms with E-state index in [1.54, 1.807) is 0 Å². The molecule has 0 atom stereocenters. The van der Waals surface area contributed by atoms with Crippen molar-refractivity contribution in [3.63, 3.8) is 0 Å². The number of fused-ring (bicyclic) bond motifs is 2. The van der Waals surface area contributed by atoms with Gasteiger partial charge in [-0.25, -0.2) is 0 Å². The average Bonchev–Trinajstić information content (AvgIpc) is 3.47. The van der Waals surface area contributed by atoms with Gasteiger partial charge in [0.15, 0.2) is 0 Å². The molecule has 0 saturated carbocycles. The molecule has 33 heavy (non-hydrogen) atoms. The Kier molecular flexibility index (Phi) is 11.6. The van der Waals surface area contributed by atoms with Crippen molar-refractivity contribution in [1.29, 1.82) is 0 Å². The van der Waals surface area contributed by atoms with Crippen LogP contribution in [0.5, 0.6) is 0 Å². The number of benzene rings is 2. The Morgan fingerprint density at radius 2 is 1.70 bits per heavy atom. The van der Waals surface area contributed by atoms with E-state index in [1.807, 2.05) is 0 Å². The Morgan fingerprint density at radius 3 is 2.30 bits per heavy atom. The molecule has 3 heteroatoms. The van der Waals surface area contributed by atoms with Crippen LogP contribution < -0.4 is 0 Å². The van der Waals surface area contributed by atoms with Crippen LogP contribution in [0.4, 0.5) is 0 Å². The van der Waals surface area contributed by atoms with Crippen LogP contribution in [0.15, 0.2) is 83.6 Å². The summed E-state index contributed by atoms with van der Waals surface area (Å²) in [5, 5.41) is 2.75. The molecule has 3 aromatic carbocycles. The van der Waals surface area contributed by atoms with E-state index < -0.39 is 0 Å². The van der Waals surface area contributed by atoms with Gasteiger partial charge in [-0.3, -0.25) is 0 Å². The molecule has 3 aromatic rings. The third-order valence-electron chi connectivity index (χ3n) is 5.78.